The molecule has 0 aromatic heterocycles. The lowest BCUT2D eigenvalue weighted by molar-refractivity contribution is -0.0514. The largest absolute Gasteiger partial charge is 0.434 e. The Morgan fingerprint density at radius 3 is 2.57 bits per heavy atom. The topological polar surface area (TPSA) is 29.5 Å². The first kappa shape index (κ1) is 11.4. The zero-order valence-electron chi connectivity index (χ0n) is 7.38. The molecule has 14 heavy (non-hydrogen) atoms. The molecule has 2 nitrogen and oxygen atoms in total. The number of benzene rings is 1. The van der Waals surface area contributed by atoms with Crippen molar-refractivity contribution in [2.75, 3.05) is 0 Å². The number of aliphatic hydroxyl groups is 1. The summed E-state index contributed by atoms with van der Waals surface area (Å²) in [6, 6.07) is 4.58. The molecule has 78 valence electrons. The Morgan fingerprint density at radius 2 is 2.07 bits per heavy atom. The van der Waals surface area contributed by atoms with E-state index in [0.29, 0.717) is 10.0 Å². The SMILES string of the molecule is CC(O)c1ccc(Br)cc1OC(F)F. The predicted octanol–water partition coefficient (Wildman–Crippen LogP) is 3.10. The van der Waals surface area contributed by atoms with E-state index in [4.69, 9.17) is 0 Å². The van der Waals surface area contributed by atoms with Crippen LogP contribution in [0.4, 0.5) is 8.78 Å². The Hall–Kier alpha value is -0.680. The van der Waals surface area contributed by atoms with Crippen molar-refractivity contribution in [3.8, 4) is 5.75 Å². The van der Waals surface area contributed by atoms with Gasteiger partial charge in [0.2, 0.25) is 0 Å². The van der Waals surface area contributed by atoms with Gasteiger partial charge in [-0.25, -0.2) is 0 Å². The predicted molar refractivity (Wildman–Crippen MR) is 51.4 cm³/mol. The lowest BCUT2D eigenvalue weighted by atomic mass is 10.1. The minimum absolute atomic E-state index is 0.00984. The maximum Gasteiger partial charge on any atom is 0.387 e. The second kappa shape index (κ2) is 4.70. The average molecular weight is 267 g/mol. The van der Waals surface area contributed by atoms with Gasteiger partial charge in [0.15, 0.2) is 0 Å². The molecule has 0 aliphatic heterocycles. The highest BCUT2D eigenvalue weighted by atomic mass is 79.9. The van der Waals surface area contributed by atoms with Crippen molar-refractivity contribution in [1.82, 2.24) is 0 Å². The molecule has 0 radical (unpaired) electrons. The lowest BCUT2D eigenvalue weighted by Crippen LogP contribution is -2.05. The molecule has 0 spiro atoms. The second-order valence-electron chi connectivity index (χ2n) is 2.74. The normalized spacial score (nSPS) is 13.0. The van der Waals surface area contributed by atoms with Crippen LogP contribution in [-0.4, -0.2) is 11.7 Å². The van der Waals surface area contributed by atoms with Crippen LogP contribution in [0, 0.1) is 0 Å². The van der Waals surface area contributed by atoms with Crippen LogP contribution in [0.15, 0.2) is 22.7 Å². The third-order valence-electron chi connectivity index (χ3n) is 1.64. The molecular formula is C9H9BrF2O2. The van der Waals surface area contributed by atoms with Gasteiger partial charge in [0.1, 0.15) is 5.75 Å². The number of hydrogen-bond donors (Lipinski definition) is 1. The minimum Gasteiger partial charge on any atom is -0.434 e. The van der Waals surface area contributed by atoms with Gasteiger partial charge in [-0.05, 0) is 19.1 Å². The lowest BCUT2D eigenvalue weighted by Gasteiger charge is -2.12. The van der Waals surface area contributed by atoms with Gasteiger partial charge in [-0.3, -0.25) is 0 Å². The molecule has 0 aliphatic carbocycles. The fourth-order valence-corrected chi connectivity index (χ4v) is 1.39. The number of hydrogen-bond acceptors (Lipinski definition) is 2. The number of ether oxygens (including phenoxy) is 1. The second-order valence-corrected chi connectivity index (χ2v) is 3.65. The van der Waals surface area contributed by atoms with E-state index in [0.717, 1.165) is 0 Å². The highest BCUT2D eigenvalue weighted by Gasteiger charge is 2.13. The number of halogens is 3. The van der Waals surface area contributed by atoms with Crippen molar-refractivity contribution >= 4 is 15.9 Å². The Labute approximate surface area is 88.6 Å². The summed E-state index contributed by atoms with van der Waals surface area (Å²) in [5.41, 5.74) is 0.341. The van der Waals surface area contributed by atoms with E-state index in [-0.39, 0.29) is 5.75 Å². The molecule has 1 rings (SSSR count). The van der Waals surface area contributed by atoms with E-state index in [2.05, 4.69) is 20.7 Å². The van der Waals surface area contributed by atoms with Crippen LogP contribution in [0.25, 0.3) is 0 Å². The Balaban J connectivity index is 3.03. The monoisotopic (exact) mass is 266 g/mol. The van der Waals surface area contributed by atoms with E-state index in [1.165, 1.54) is 19.1 Å². The van der Waals surface area contributed by atoms with E-state index >= 15 is 0 Å². The first-order valence-corrected chi connectivity index (χ1v) is 4.72. The number of rotatable bonds is 3. The van der Waals surface area contributed by atoms with Crippen molar-refractivity contribution in [2.45, 2.75) is 19.6 Å². The van der Waals surface area contributed by atoms with Crippen LogP contribution in [-0.2, 0) is 0 Å². The molecule has 0 bridgehead atoms. The molecule has 1 aromatic carbocycles. The highest BCUT2D eigenvalue weighted by molar-refractivity contribution is 9.10. The Kier molecular flexibility index (Phi) is 3.83. The van der Waals surface area contributed by atoms with Gasteiger partial charge in [0.05, 0.1) is 6.10 Å². The van der Waals surface area contributed by atoms with Gasteiger partial charge < -0.3 is 9.84 Å². The maximum absolute atomic E-state index is 12.0. The molecular weight excluding hydrogens is 258 g/mol. The first-order chi connectivity index (χ1) is 6.50. The molecule has 0 heterocycles. The van der Waals surface area contributed by atoms with Gasteiger partial charge in [0, 0.05) is 10.0 Å². The van der Waals surface area contributed by atoms with Crippen molar-refractivity contribution in [2.24, 2.45) is 0 Å². The summed E-state index contributed by atoms with van der Waals surface area (Å²) in [4.78, 5) is 0. The van der Waals surface area contributed by atoms with Gasteiger partial charge >= 0.3 is 6.61 Å². The maximum atomic E-state index is 12.0. The highest BCUT2D eigenvalue weighted by Crippen LogP contribution is 2.29. The quantitative estimate of drug-likeness (QED) is 0.911. The summed E-state index contributed by atoms with van der Waals surface area (Å²) in [7, 11) is 0. The molecule has 1 N–H and O–H groups in total. The van der Waals surface area contributed by atoms with Gasteiger partial charge in [-0.15, -0.1) is 0 Å². The smallest absolute Gasteiger partial charge is 0.387 e. The number of alkyl halides is 2. The summed E-state index contributed by atoms with van der Waals surface area (Å²) in [5.74, 6) is -0.00984. The summed E-state index contributed by atoms with van der Waals surface area (Å²) in [6.07, 6.45) is -0.836. The third kappa shape index (κ3) is 2.92. The van der Waals surface area contributed by atoms with Crippen LogP contribution in [0.3, 0.4) is 0 Å². The molecule has 1 atom stereocenters. The molecule has 0 amide bonds. The van der Waals surface area contributed by atoms with Crippen LogP contribution >= 0.6 is 15.9 Å². The van der Waals surface area contributed by atoms with Crippen molar-refractivity contribution in [3.63, 3.8) is 0 Å². The van der Waals surface area contributed by atoms with Crippen molar-refractivity contribution in [1.29, 1.82) is 0 Å². The molecule has 1 unspecified atom stereocenters. The summed E-state index contributed by atoms with van der Waals surface area (Å²) >= 11 is 3.13. The van der Waals surface area contributed by atoms with E-state index in [9.17, 15) is 13.9 Å². The van der Waals surface area contributed by atoms with Gasteiger partial charge in [-0.2, -0.15) is 8.78 Å². The molecule has 0 fully saturated rings. The summed E-state index contributed by atoms with van der Waals surface area (Å²) in [5, 5.41) is 9.27. The van der Waals surface area contributed by atoms with Crippen LogP contribution in [0.5, 0.6) is 5.75 Å². The third-order valence-corrected chi connectivity index (χ3v) is 2.14. The van der Waals surface area contributed by atoms with Crippen LogP contribution in [0.1, 0.15) is 18.6 Å². The molecule has 0 aliphatic rings. The molecule has 0 saturated carbocycles. The Morgan fingerprint density at radius 1 is 1.43 bits per heavy atom. The number of aliphatic hydroxyl groups excluding tert-OH is 1. The van der Waals surface area contributed by atoms with E-state index in [1.54, 1.807) is 6.07 Å². The van der Waals surface area contributed by atoms with E-state index in [1.807, 2.05) is 0 Å². The van der Waals surface area contributed by atoms with Crippen LogP contribution < -0.4 is 4.74 Å². The Bertz CT molecular complexity index is 316. The molecule has 1 aromatic rings. The summed E-state index contributed by atoms with van der Waals surface area (Å²) in [6.45, 7) is -1.40. The van der Waals surface area contributed by atoms with Crippen molar-refractivity contribution < 1.29 is 18.6 Å². The van der Waals surface area contributed by atoms with Crippen LogP contribution in [0.2, 0.25) is 0 Å². The van der Waals surface area contributed by atoms with Crippen molar-refractivity contribution in [3.05, 3.63) is 28.2 Å². The average Bonchev–Trinajstić information content (AvgIpc) is 2.01. The molecule has 0 saturated heterocycles. The first-order valence-electron chi connectivity index (χ1n) is 3.93. The standard InChI is InChI=1S/C9H9BrF2O2/c1-5(13)7-3-2-6(10)4-8(7)14-9(11)12/h2-5,9,13H,1H3. The fourth-order valence-electron chi connectivity index (χ4n) is 1.05. The van der Waals surface area contributed by atoms with Gasteiger partial charge in [-0.1, -0.05) is 22.0 Å². The van der Waals surface area contributed by atoms with E-state index < -0.39 is 12.7 Å². The zero-order chi connectivity index (χ0) is 10.7. The van der Waals surface area contributed by atoms with Gasteiger partial charge in [0.25, 0.3) is 0 Å². The zero-order valence-corrected chi connectivity index (χ0v) is 8.96. The summed E-state index contributed by atoms with van der Waals surface area (Å²) < 4.78 is 28.8. The molecule has 5 heteroatoms. The fraction of sp³-hybridized carbons (Fsp3) is 0.333. The minimum atomic E-state index is -2.89.